The van der Waals surface area contributed by atoms with Gasteiger partial charge in [-0.25, -0.2) is 0 Å². The molecule has 18 heteroatoms. The summed E-state index contributed by atoms with van der Waals surface area (Å²) in [7, 11) is 0. The van der Waals surface area contributed by atoms with Crippen LogP contribution in [-0.4, -0.2) is 64.5 Å². The highest BCUT2D eigenvalue weighted by atomic mass is 35.5. The molecule has 0 aromatic carbocycles. The Hall–Kier alpha value is -4.41. The summed E-state index contributed by atoms with van der Waals surface area (Å²) in [5.74, 6) is -2.00. The Morgan fingerprint density at radius 3 is 2.58 bits per heavy atom. The average molecular weight is 483 g/mol. The van der Waals surface area contributed by atoms with Crippen molar-refractivity contribution in [2.45, 2.75) is 20.0 Å². The van der Waals surface area contributed by atoms with Crippen molar-refractivity contribution in [1.82, 2.24) is 40.3 Å². The first-order valence-corrected chi connectivity index (χ1v) is 9.45. The molecule has 0 aliphatic heterocycles. The van der Waals surface area contributed by atoms with E-state index in [0.29, 0.717) is 5.69 Å². The first-order valence-electron chi connectivity index (χ1n) is 9.07. The molecule has 0 spiro atoms. The van der Waals surface area contributed by atoms with Crippen LogP contribution in [0.1, 0.15) is 22.2 Å². The van der Waals surface area contributed by atoms with Crippen LogP contribution in [0, 0.1) is 27.2 Å². The summed E-state index contributed by atoms with van der Waals surface area (Å²) in [6.45, 7) is 1.27. The van der Waals surface area contributed by atoms with Gasteiger partial charge in [-0.2, -0.15) is 14.8 Å². The summed E-state index contributed by atoms with van der Waals surface area (Å²) in [5, 5.41) is 37.4. The lowest BCUT2D eigenvalue weighted by molar-refractivity contribution is -0.389. The van der Waals surface area contributed by atoms with E-state index in [-0.39, 0.29) is 48.6 Å². The molecule has 0 aliphatic rings. The van der Waals surface area contributed by atoms with Crippen molar-refractivity contribution in [3.05, 3.63) is 55.1 Å². The lowest BCUT2D eigenvalue weighted by Gasteiger charge is -2.05. The number of nitrogens with one attached hydrogen (secondary N) is 2. The van der Waals surface area contributed by atoms with E-state index in [1.165, 1.54) is 11.6 Å². The lowest BCUT2D eigenvalue weighted by Crippen LogP contribution is -2.36. The van der Waals surface area contributed by atoms with Gasteiger partial charge in [0.2, 0.25) is 5.91 Å². The largest absolute Gasteiger partial charge is 0.408 e. The molecule has 0 unspecified atom stereocenters. The van der Waals surface area contributed by atoms with E-state index in [2.05, 4.69) is 31.0 Å². The molecule has 0 radical (unpaired) electrons. The average Bonchev–Trinajstić information content (AvgIpc) is 3.48. The molecule has 0 fully saturated rings. The minimum absolute atomic E-state index is 0.0294. The SMILES string of the molecule is Cc1c(Cl)c([N+](=O)[O-])nn1Cc1noc(C(=O)NCCNC(=O)Cn2cc([N+](=O)[O-])cn2)n1. The summed E-state index contributed by atoms with van der Waals surface area (Å²) < 4.78 is 7.18. The summed E-state index contributed by atoms with van der Waals surface area (Å²) >= 11 is 5.87. The molecule has 2 amide bonds. The predicted molar refractivity (Wildman–Crippen MR) is 106 cm³/mol. The van der Waals surface area contributed by atoms with Gasteiger partial charge in [0, 0.05) is 13.1 Å². The summed E-state index contributed by atoms with van der Waals surface area (Å²) in [4.78, 5) is 48.0. The molecule has 3 aromatic heterocycles. The van der Waals surface area contributed by atoms with Gasteiger partial charge < -0.3 is 25.3 Å². The van der Waals surface area contributed by atoms with Crippen LogP contribution in [-0.2, 0) is 17.9 Å². The highest BCUT2D eigenvalue weighted by Crippen LogP contribution is 2.26. The minimum atomic E-state index is -0.724. The number of nitrogens with zero attached hydrogens (tertiary/aromatic N) is 8. The third-order valence-corrected chi connectivity index (χ3v) is 4.55. The van der Waals surface area contributed by atoms with Crippen molar-refractivity contribution in [3.63, 3.8) is 0 Å². The molecule has 174 valence electrons. The number of halogens is 1. The topological polar surface area (TPSA) is 219 Å². The zero-order valence-electron chi connectivity index (χ0n) is 16.8. The molecule has 3 heterocycles. The van der Waals surface area contributed by atoms with Gasteiger partial charge in [0.15, 0.2) is 10.8 Å². The van der Waals surface area contributed by atoms with Crippen molar-refractivity contribution in [1.29, 1.82) is 0 Å². The first kappa shape index (κ1) is 23.3. The molecule has 33 heavy (non-hydrogen) atoms. The molecule has 3 aromatic rings. The number of hydrogen-bond donors (Lipinski definition) is 2. The second kappa shape index (κ2) is 9.81. The first-order chi connectivity index (χ1) is 15.7. The van der Waals surface area contributed by atoms with Crippen molar-refractivity contribution >= 4 is 34.9 Å². The van der Waals surface area contributed by atoms with E-state index >= 15 is 0 Å². The van der Waals surface area contributed by atoms with E-state index in [0.717, 1.165) is 17.1 Å². The van der Waals surface area contributed by atoms with Crippen molar-refractivity contribution in [2.24, 2.45) is 0 Å². The van der Waals surface area contributed by atoms with Crippen LogP contribution in [0.4, 0.5) is 11.5 Å². The Kier molecular flexibility index (Phi) is 6.91. The Bertz CT molecular complexity index is 1220. The van der Waals surface area contributed by atoms with Crippen LogP contribution >= 0.6 is 11.6 Å². The molecule has 0 saturated carbocycles. The fourth-order valence-electron chi connectivity index (χ4n) is 2.51. The van der Waals surface area contributed by atoms with E-state index in [1.54, 1.807) is 0 Å². The second-order valence-corrected chi connectivity index (χ2v) is 6.79. The van der Waals surface area contributed by atoms with Crippen LogP contribution in [0.25, 0.3) is 0 Å². The zero-order valence-corrected chi connectivity index (χ0v) is 17.6. The molecular weight excluding hydrogens is 468 g/mol. The van der Waals surface area contributed by atoms with Gasteiger partial charge in [-0.3, -0.25) is 24.4 Å². The van der Waals surface area contributed by atoms with Crippen LogP contribution in [0.5, 0.6) is 0 Å². The van der Waals surface area contributed by atoms with Gasteiger partial charge in [0.25, 0.3) is 0 Å². The van der Waals surface area contributed by atoms with E-state index in [1.807, 2.05) is 0 Å². The van der Waals surface area contributed by atoms with Gasteiger partial charge in [0.05, 0.1) is 15.7 Å². The highest BCUT2D eigenvalue weighted by molar-refractivity contribution is 6.33. The quantitative estimate of drug-likeness (QED) is 0.219. The number of hydrogen-bond acceptors (Lipinski definition) is 11. The number of nitro groups is 2. The van der Waals surface area contributed by atoms with Crippen molar-refractivity contribution in [3.8, 4) is 0 Å². The van der Waals surface area contributed by atoms with Crippen LogP contribution in [0.15, 0.2) is 16.9 Å². The maximum atomic E-state index is 12.1. The second-order valence-electron chi connectivity index (χ2n) is 6.41. The molecule has 0 aliphatic carbocycles. The van der Waals surface area contributed by atoms with E-state index in [9.17, 15) is 29.8 Å². The standard InChI is InChI=1S/C15H15ClN10O7/c1-8-12(16)13(26(31)32)21-24(8)6-10-20-15(33-22-10)14(28)18-3-2-17-11(27)7-23-5-9(4-19-23)25(29)30/h4-5H,2-3,6-7H2,1H3,(H,17,27)(H,18,28). The number of rotatable bonds is 10. The van der Waals surface area contributed by atoms with Crippen molar-refractivity contribution in [2.75, 3.05) is 13.1 Å². The van der Waals surface area contributed by atoms with Gasteiger partial charge in [-0.1, -0.05) is 16.8 Å². The number of amides is 2. The molecule has 3 rings (SSSR count). The van der Waals surface area contributed by atoms with Gasteiger partial charge in [0.1, 0.15) is 25.5 Å². The van der Waals surface area contributed by atoms with Gasteiger partial charge >= 0.3 is 23.3 Å². The number of aromatic nitrogens is 6. The minimum Gasteiger partial charge on any atom is -0.358 e. The summed E-state index contributed by atoms with van der Waals surface area (Å²) in [6, 6.07) is 0. The van der Waals surface area contributed by atoms with Crippen LogP contribution in [0.2, 0.25) is 5.02 Å². The smallest absolute Gasteiger partial charge is 0.358 e. The molecular formula is C15H15ClN10O7. The molecule has 17 nitrogen and oxygen atoms in total. The summed E-state index contributed by atoms with van der Waals surface area (Å²) in [6.07, 6.45) is 2.14. The highest BCUT2D eigenvalue weighted by Gasteiger charge is 2.25. The van der Waals surface area contributed by atoms with Crippen LogP contribution in [0.3, 0.4) is 0 Å². The fraction of sp³-hybridized carbons (Fsp3) is 0.333. The number of carbonyl (C=O) groups is 2. The molecule has 0 atom stereocenters. The summed E-state index contributed by atoms with van der Waals surface area (Å²) in [5.41, 5.74) is 0.0812. The van der Waals surface area contributed by atoms with E-state index in [4.69, 9.17) is 16.1 Å². The Labute approximate surface area is 188 Å². The van der Waals surface area contributed by atoms with E-state index < -0.39 is 27.5 Å². The third kappa shape index (κ3) is 5.64. The number of carbonyl (C=O) groups excluding carboxylic acids is 2. The normalized spacial score (nSPS) is 10.7. The Balaban J connectivity index is 1.45. The zero-order chi connectivity index (χ0) is 24.1. The van der Waals surface area contributed by atoms with Crippen LogP contribution < -0.4 is 10.6 Å². The monoisotopic (exact) mass is 482 g/mol. The maximum Gasteiger partial charge on any atom is 0.408 e. The Morgan fingerprint density at radius 2 is 1.94 bits per heavy atom. The molecule has 0 bridgehead atoms. The molecule has 2 N–H and O–H groups in total. The predicted octanol–water partition coefficient (Wildman–Crippen LogP) is -0.165. The Morgan fingerprint density at radius 1 is 1.21 bits per heavy atom. The fourth-order valence-corrected chi connectivity index (χ4v) is 2.72. The van der Waals surface area contributed by atoms with Gasteiger partial charge in [-0.05, 0) is 11.8 Å². The molecule has 0 saturated heterocycles. The lowest BCUT2D eigenvalue weighted by atomic mass is 10.4. The van der Waals surface area contributed by atoms with Crippen molar-refractivity contribution < 1.29 is 24.0 Å². The third-order valence-electron chi connectivity index (χ3n) is 4.11. The van der Waals surface area contributed by atoms with Gasteiger partial charge in [-0.15, -0.1) is 0 Å². The maximum absolute atomic E-state index is 12.1.